The van der Waals surface area contributed by atoms with E-state index < -0.39 is 0 Å². The standard InChI is InChI=1S/C18H27N3/c1-3-8-16(4-2)20-18(15-19)11-13-21(14-12-18)17-9-6-5-7-10-17/h2,5-7,9-10,16,20H,3,8,11-15,19H2,1H3. The first kappa shape index (κ1) is 15.9. The van der Waals surface area contributed by atoms with Crippen molar-refractivity contribution in [2.45, 2.75) is 44.2 Å². The van der Waals surface area contributed by atoms with E-state index in [1.54, 1.807) is 0 Å². The number of para-hydroxylation sites is 1. The van der Waals surface area contributed by atoms with Gasteiger partial charge in [0.15, 0.2) is 0 Å². The first-order valence-corrected chi connectivity index (χ1v) is 7.97. The Kier molecular flexibility index (Phi) is 5.67. The molecule has 3 nitrogen and oxygen atoms in total. The Bertz CT molecular complexity index is 455. The fourth-order valence-electron chi connectivity index (χ4n) is 3.09. The summed E-state index contributed by atoms with van der Waals surface area (Å²) in [4.78, 5) is 2.43. The van der Waals surface area contributed by atoms with E-state index in [9.17, 15) is 0 Å². The highest BCUT2D eigenvalue weighted by molar-refractivity contribution is 5.46. The zero-order valence-electron chi connectivity index (χ0n) is 13.0. The number of terminal acetylenes is 1. The van der Waals surface area contributed by atoms with Crippen LogP contribution in [0, 0.1) is 12.3 Å². The largest absolute Gasteiger partial charge is 0.371 e. The van der Waals surface area contributed by atoms with Crippen LogP contribution in [0.25, 0.3) is 0 Å². The molecule has 1 aliphatic rings. The Balaban J connectivity index is 1.97. The van der Waals surface area contributed by atoms with Gasteiger partial charge in [0, 0.05) is 30.9 Å². The Hall–Kier alpha value is -1.50. The van der Waals surface area contributed by atoms with E-state index in [1.165, 1.54) is 5.69 Å². The van der Waals surface area contributed by atoms with E-state index in [-0.39, 0.29) is 11.6 Å². The van der Waals surface area contributed by atoms with Crippen LogP contribution in [-0.2, 0) is 0 Å². The van der Waals surface area contributed by atoms with E-state index in [0.717, 1.165) is 38.8 Å². The summed E-state index contributed by atoms with van der Waals surface area (Å²) in [6.45, 7) is 4.87. The van der Waals surface area contributed by atoms with Crippen molar-refractivity contribution in [3.63, 3.8) is 0 Å². The van der Waals surface area contributed by atoms with E-state index in [0.29, 0.717) is 6.54 Å². The second-order valence-electron chi connectivity index (χ2n) is 5.96. The van der Waals surface area contributed by atoms with Crippen molar-refractivity contribution < 1.29 is 0 Å². The van der Waals surface area contributed by atoms with Gasteiger partial charge < -0.3 is 10.6 Å². The molecule has 3 heteroatoms. The molecule has 0 aliphatic carbocycles. The van der Waals surface area contributed by atoms with Gasteiger partial charge in [-0.15, -0.1) is 6.42 Å². The molecule has 1 fully saturated rings. The average molecular weight is 285 g/mol. The van der Waals surface area contributed by atoms with Crippen molar-refractivity contribution in [1.82, 2.24) is 5.32 Å². The van der Waals surface area contributed by atoms with E-state index in [1.807, 2.05) is 0 Å². The summed E-state index contributed by atoms with van der Waals surface area (Å²) < 4.78 is 0. The number of rotatable bonds is 6. The zero-order valence-corrected chi connectivity index (χ0v) is 13.0. The highest BCUT2D eigenvalue weighted by Gasteiger charge is 2.34. The maximum atomic E-state index is 6.07. The quantitative estimate of drug-likeness (QED) is 0.789. The molecular formula is C18H27N3. The van der Waals surface area contributed by atoms with Crippen molar-refractivity contribution in [2.75, 3.05) is 24.5 Å². The average Bonchev–Trinajstić information content (AvgIpc) is 2.56. The van der Waals surface area contributed by atoms with Crippen LogP contribution < -0.4 is 16.0 Å². The van der Waals surface area contributed by atoms with Gasteiger partial charge in [0.1, 0.15) is 0 Å². The van der Waals surface area contributed by atoms with Gasteiger partial charge >= 0.3 is 0 Å². The zero-order chi connectivity index (χ0) is 15.1. The number of piperidine rings is 1. The summed E-state index contributed by atoms with van der Waals surface area (Å²) in [6.07, 6.45) is 9.84. The molecule has 0 aromatic heterocycles. The lowest BCUT2D eigenvalue weighted by atomic mass is 9.86. The summed E-state index contributed by atoms with van der Waals surface area (Å²) in [5.41, 5.74) is 7.37. The molecule has 1 unspecified atom stereocenters. The summed E-state index contributed by atoms with van der Waals surface area (Å²) in [5.74, 6) is 2.87. The minimum Gasteiger partial charge on any atom is -0.371 e. The normalized spacial score (nSPS) is 19.0. The fraction of sp³-hybridized carbons (Fsp3) is 0.556. The van der Waals surface area contributed by atoms with Crippen molar-refractivity contribution in [3.8, 4) is 12.3 Å². The Morgan fingerprint density at radius 2 is 2.00 bits per heavy atom. The number of nitrogens with one attached hydrogen (secondary N) is 1. The second-order valence-corrected chi connectivity index (χ2v) is 5.96. The Labute approximate surface area is 128 Å². The first-order chi connectivity index (χ1) is 10.2. The van der Waals surface area contributed by atoms with Crippen LogP contribution in [0.4, 0.5) is 5.69 Å². The van der Waals surface area contributed by atoms with E-state index >= 15 is 0 Å². The number of hydrogen-bond donors (Lipinski definition) is 2. The molecule has 2 rings (SSSR count). The lowest BCUT2D eigenvalue weighted by Gasteiger charge is -2.44. The van der Waals surface area contributed by atoms with E-state index in [2.05, 4.69) is 53.4 Å². The summed E-state index contributed by atoms with van der Waals surface area (Å²) in [7, 11) is 0. The maximum Gasteiger partial charge on any atom is 0.0691 e. The highest BCUT2D eigenvalue weighted by Crippen LogP contribution is 2.26. The number of hydrogen-bond acceptors (Lipinski definition) is 3. The molecule has 3 N–H and O–H groups in total. The van der Waals surface area contributed by atoms with E-state index in [4.69, 9.17) is 12.2 Å². The van der Waals surface area contributed by atoms with Gasteiger partial charge in [0.05, 0.1) is 6.04 Å². The van der Waals surface area contributed by atoms with Gasteiger partial charge in [-0.1, -0.05) is 37.5 Å². The molecule has 0 amide bonds. The molecule has 21 heavy (non-hydrogen) atoms. The Morgan fingerprint density at radius 1 is 1.33 bits per heavy atom. The predicted octanol–water partition coefficient (Wildman–Crippen LogP) is 2.38. The molecule has 0 spiro atoms. The maximum absolute atomic E-state index is 6.07. The summed E-state index contributed by atoms with van der Waals surface area (Å²) in [6, 6.07) is 10.7. The van der Waals surface area contributed by atoms with Crippen molar-refractivity contribution in [2.24, 2.45) is 5.73 Å². The highest BCUT2D eigenvalue weighted by atomic mass is 15.2. The lowest BCUT2D eigenvalue weighted by Crippen LogP contribution is -2.60. The van der Waals surface area contributed by atoms with Crippen LogP contribution in [0.1, 0.15) is 32.6 Å². The molecule has 1 aliphatic heterocycles. The molecular weight excluding hydrogens is 258 g/mol. The van der Waals surface area contributed by atoms with Gasteiger partial charge in [-0.25, -0.2) is 0 Å². The SMILES string of the molecule is C#CC(CCC)NC1(CN)CCN(c2ccccc2)CC1. The van der Waals surface area contributed by atoms with Crippen molar-refractivity contribution in [1.29, 1.82) is 0 Å². The third kappa shape index (κ3) is 4.00. The Morgan fingerprint density at radius 3 is 2.52 bits per heavy atom. The van der Waals surface area contributed by atoms with Crippen LogP contribution >= 0.6 is 0 Å². The molecule has 1 heterocycles. The monoisotopic (exact) mass is 285 g/mol. The van der Waals surface area contributed by atoms with Crippen LogP contribution in [0.3, 0.4) is 0 Å². The second kappa shape index (κ2) is 7.49. The summed E-state index contributed by atoms with van der Waals surface area (Å²) >= 11 is 0. The van der Waals surface area contributed by atoms with Crippen molar-refractivity contribution in [3.05, 3.63) is 30.3 Å². The number of benzene rings is 1. The third-order valence-electron chi connectivity index (χ3n) is 4.49. The molecule has 0 bridgehead atoms. The predicted molar refractivity (Wildman–Crippen MR) is 90.3 cm³/mol. The smallest absolute Gasteiger partial charge is 0.0691 e. The van der Waals surface area contributed by atoms with Crippen molar-refractivity contribution >= 4 is 5.69 Å². The molecule has 1 saturated heterocycles. The minimum atomic E-state index is -0.00249. The first-order valence-electron chi connectivity index (χ1n) is 7.97. The lowest BCUT2D eigenvalue weighted by molar-refractivity contribution is 0.249. The molecule has 1 atom stereocenters. The number of nitrogens with two attached hydrogens (primary N) is 1. The molecule has 114 valence electrons. The van der Waals surface area contributed by atoms with Gasteiger partial charge in [0.25, 0.3) is 0 Å². The van der Waals surface area contributed by atoms with Crippen LogP contribution in [0.5, 0.6) is 0 Å². The van der Waals surface area contributed by atoms with Gasteiger partial charge in [-0.2, -0.15) is 0 Å². The van der Waals surface area contributed by atoms with Crippen LogP contribution in [-0.4, -0.2) is 31.2 Å². The van der Waals surface area contributed by atoms with Crippen LogP contribution in [0.2, 0.25) is 0 Å². The minimum absolute atomic E-state index is 0.00249. The molecule has 1 aromatic rings. The van der Waals surface area contributed by atoms with Gasteiger partial charge in [-0.05, 0) is 31.4 Å². The summed E-state index contributed by atoms with van der Waals surface area (Å²) in [5, 5.41) is 3.65. The third-order valence-corrected chi connectivity index (χ3v) is 4.49. The molecule has 0 radical (unpaired) electrons. The number of nitrogens with zero attached hydrogens (tertiary/aromatic N) is 1. The number of anilines is 1. The van der Waals surface area contributed by atoms with Gasteiger partial charge in [-0.3, -0.25) is 5.32 Å². The molecule has 1 aromatic carbocycles. The molecule has 0 saturated carbocycles. The van der Waals surface area contributed by atoms with Crippen LogP contribution in [0.15, 0.2) is 30.3 Å². The van der Waals surface area contributed by atoms with Gasteiger partial charge in [0.2, 0.25) is 0 Å². The topological polar surface area (TPSA) is 41.3 Å². The fourth-order valence-corrected chi connectivity index (χ4v) is 3.09.